The molecule has 0 aliphatic heterocycles. The Hall–Kier alpha value is -2.93. The van der Waals surface area contributed by atoms with Gasteiger partial charge in [-0.25, -0.2) is 4.98 Å². The van der Waals surface area contributed by atoms with Gasteiger partial charge in [-0.05, 0) is 49.8 Å². The third kappa shape index (κ3) is 6.07. The van der Waals surface area contributed by atoms with E-state index in [1.54, 1.807) is 25.5 Å². The van der Waals surface area contributed by atoms with E-state index in [4.69, 9.17) is 21.4 Å². The van der Waals surface area contributed by atoms with E-state index in [2.05, 4.69) is 14.5 Å². The predicted octanol–water partition coefficient (Wildman–Crippen LogP) is 5.10. The Labute approximate surface area is 192 Å². The standard InChI is InChI=1S/C24H28ClN3O4/c1-16(13-23(30)31)12-21(29)24-18-14-17(25)7-8-19(18)28(2)20(24)6-4-3-5-11-32-22-15-26-9-10-27-22/h7-10,14-16H,3-6,11-13H2,1-2H3,(H,30,31)/t16-/m0/s1. The van der Waals surface area contributed by atoms with Crippen LogP contribution in [0.2, 0.25) is 5.02 Å². The highest BCUT2D eigenvalue weighted by atomic mass is 35.5. The Bertz CT molecular complexity index is 1080. The summed E-state index contributed by atoms with van der Waals surface area (Å²) in [6.45, 7) is 2.35. The number of carboxylic acids is 1. The molecule has 1 N–H and O–H groups in total. The Morgan fingerprint density at radius 2 is 2.00 bits per heavy atom. The van der Waals surface area contributed by atoms with Crippen LogP contribution in [-0.2, 0) is 18.3 Å². The number of carboxylic acid groups (broad SMARTS) is 1. The van der Waals surface area contributed by atoms with Gasteiger partial charge in [-0.3, -0.25) is 14.6 Å². The first-order chi connectivity index (χ1) is 15.4. The van der Waals surface area contributed by atoms with Crippen molar-refractivity contribution in [3.8, 4) is 5.88 Å². The summed E-state index contributed by atoms with van der Waals surface area (Å²) in [6.07, 6.45) is 8.38. The van der Waals surface area contributed by atoms with Gasteiger partial charge in [-0.2, -0.15) is 0 Å². The minimum absolute atomic E-state index is 0.0294. The van der Waals surface area contributed by atoms with Crippen LogP contribution in [0.15, 0.2) is 36.8 Å². The van der Waals surface area contributed by atoms with Crippen LogP contribution in [0, 0.1) is 5.92 Å². The van der Waals surface area contributed by atoms with Crippen molar-refractivity contribution in [3.05, 3.63) is 53.1 Å². The van der Waals surface area contributed by atoms with Gasteiger partial charge in [-0.15, -0.1) is 0 Å². The first-order valence-electron chi connectivity index (χ1n) is 10.8. The highest BCUT2D eigenvalue weighted by Gasteiger charge is 2.23. The molecule has 7 nitrogen and oxygen atoms in total. The normalized spacial score (nSPS) is 12.1. The van der Waals surface area contributed by atoms with Crippen LogP contribution >= 0.6 is 11.6 Å². The average Bonchev–Trinajstić information content (AvgIpc) is 3.01. The van der Waals surface area contributed by atoms with Crippen molar-refractivity contribution in [1.29, 1.82) is 0 Å². The van der Waals surface area contributed by atoms with Gasteiger partial charge in [0.1, 0.15) is 0 Å². The molecule has 170 valence electrons. The molecule has 0 saturated carbocycles. The number of aromatic nitrogens is 3. The lowest BCUT2D eigenvalue weighted by molar-refractivity contribution is -0.137. The van der Waals surface area contributed by atoms with Gasteiger partial charge >= 0.3 is 5.97 Å². The fourth-order valence-corrected chi connectivity index (χ4v) is 4.14. The molecule has 0 amide bonds. The second kappa shape index (κ2) is 11.1. The molecular weight excluding hydrogens is 430 g/mol. The Morgan fingerprint density at radius 3 is 2.72 bits per heavy atom. The van der Waals surface area contributed by atoms with Gasteiger partial charge in [0, 0.05) is 59.5 Å². The molecule has 0 bridgehead atoms. The maximum atomic E-state index is 13.2. The monoisotopic (exact) mass is 457 g/mol. The van der Waals surface area contributed by atoms with Gasteiger partial charge in [0.2, 0.25) is 5.88 Å². The zero-order chi connectivity index (χ0) is 23.1. The van der Waals surface area contributed by atoms with Crippen molar-refractivity contribution in [3.63, 3.8) is 0 Å². The van der Waals surface area contributed by atoms with Crippen LogP contribution in [0.4, 0.5) is 0 Å². The van der Waals surface area contributed by atoms with Crippen molar-refractivity contribution in [1.82, 2.24) is 14.5 Å². The molecule has 0 aliphatic carbocycles. The number of carbonyl (C=O) groups excluding carboxylic acids is 1. The summed E-state index contributed by atoms with van der Waals surface area (Å²) in [7, 11) is 1.96. The summed E-state index contributed by atoms with van der Waals surface area (Å²) >= 11 is 6.22. The number of carbonyl (C=O) groups is 2. The Balaban J connectivity index is 1.69. The van der Waals surface area contributed by atoms with Crippen molar-refractivity contribution in [2.45, 2.75) is 45.4 Å². The fraction of sp³-hybridized carbons (Fsp3) is 0.417. The van der Waals surface area contributed by atoms with Crippen LogP contribution in [0.1, 0.15) is 55.1 Å². The van der Waals surface area contributed by atoms with Gasteiger partial charge in [0.25, 0.3) is 0 Å². The molecule has 0 saturated heterocycles. The van der Waals surface area contributed by atoms with E-state index in [0.29, 0.717) is 23.1 Å². The third-order valence-corrected chi connectivity index (χ3v) is 5.70. The zero-order valence-electron chi connectivity index (χ0n) is 18.4. The smallest absolute Gasteiger partial charge is 0.303 e. The molecule has 1 atom stereocenters. The molecule has 1 aromatic carbocycles. The molecule has 32 heavy (non-hydrogen) atoms. The van der Waals surface area contributed by atoms with E-state index in [1.807, 2.05) is 25.2 Å². The minimum atomic E-state index is -0.893. The number of fused-ring (bicyclic) bond motifs is 1. The van der Waals surface area contributed by atoms with Gasteiger partial charge in [0.15, 0.2) is 5.78 Å². The van der Waals surface area contributed by atoms with E-state index < -0.39 is 5.97 Å². The van der Waals surface area contributed by atoms with Gasteiger partial charge in [-0.1, -0.05) is 18.5 Å². The number of rotatable bonds is 12. The lowest BCUT2D eigenvalue weighted by Gasteiger charge is -2.11. The number of nitrogens with zero attached hydrogens (tertiary/aromatic N) is 3. The molecule has 8 heteroatoms. The summed E-state index contributed by atoms with van der Waals surface area (Å²) in [4.78, 5) is 32.3. The van der Waals surface area contributed by atoms with Crippen molar-refractivity contribution >= 4 is 34.3 Å². The first-order valence-corrected chi connectivity index (χ1v) is 11.1. The maximum absolute atomic E-state index is 13.2. The molecule has 0 radical (unpaired) electrons. The highest BCUT2D eigenvalue weighted by Crippen LogP contribution is 2.31. The molecule has 2 aromatic heterocycles. The van der Waals surface area contributed by atoms with E-state index in [0.717, 1.165) is 42.3 Å². The molecule has 0 unspecified atom stereocenters. The summed E-state index contributed by atoms with van der Waals surface area (Å²) in [5.41, 5.74) is 2.58. The average molecular weight is 458 g/mol. The lowest BCUT2D eigenvalue weighted by Crippen LogP contribution is -2.12. The van der Waals surface area contributed by atoms with Crippen LogP contribution in [-0.4, -0.2) is 38.0 Å². The number of Topliss-reactive ketones (excluding diaryl/α,β-unsaturated/α-hetero) is 1. The molecular formula is C24H28ClN3O4. The summed E-state index contributed by atoms with van der Waals surface area (Å²) in [5.74, 6) is -0.648. The Morgan fingerprint density at radius 1 is 1.19 bits per heavy atom. The third-order valence-electron chi connectivity index (χ3n) is 5.47. The molecule has 3 aromatic rings. The molecule has 0 fully saturated rings. The van der Waals surface area contributed by atoms with Crippen LogP contribution < -0.4 is 4.74 Å². The lowest BCUT2D eigenvalue weighted by atomic mass is 9.94. The second-order valence-electron chi connectivity index (χ2n) is 8.08. The Kier molecular flexibility index (Phi) is 8.22. The van der Waals surface area contributed by atoms with Crippen molar-refractivity contribution < 1.29 is 19.4 Å². The SMILES string of the molecule is C[C@H](CC(=O)O)CC(=O)c1c(CCCCCOc2cnccn2)n(C)c2ccc(Cl)cc12. The molecule has 0 aliphatic rings. The van der Waals surface area contributed by atoms with Crippen LogP contribution in [0.3, 0.4) is 0 Å². The number of halogens is 1. The van der Waals surface area contributed by atoms with E-state index >= 15 is 0 Å². The number of ketones is 1. The molecule has 0 spiro atoms. The number of benzene rings is 1. The number of hydrogen-bond acceptors (Lipinski definition) is 5. The van der Waals surface area contributed by atoms with E-state index in [1.165, 1.54) is 0 Å². The largest absolute Gasteiger partial charge is 0.481 e. The second-order valence-corrected chi connectivity index (χ2v) is 8.51. The zero-order valence-corrected chi connectivity index (χ0v) is 19.1. The predicted molar refractivity (Wildman–Crippen MR) is 123 cm³/mol. The first kappa shape index (κ1) is 23.7. The van der Waals surface area contributed by atoms with Crippen LogP contribution in [0.25, 0.3) is 10.9 Å². The van der Waals surface area contributed by atoms with Crippen molar-refractivity contribution in [2.75, 3.05) is 6.61 Å². The number of aliphatic carboxylic acids is 1. The number of hydrogen-bond donors (Lipinski definition) is 1. The van der Waals surface area contributed by atoms with Crippen LogP contribution in [0.5, 0.6) is 5.88 Å². The summed E-state index contributed by atoms with van der Waals surface area (Å²) in [6, 6.07) is 5.57. The summed E-state index contributed by atoms with van der Waals surface area (Å²) in [5, 5.41) is 10.4. The van der Waals surface area contributed by atoms with E-state index in [-0.39, 0.29) is 24.5 Å². The number of ether oxygens (including phenoxy) is 1. The maximum Gasteiger partial charge on any atom is 0.303 e. The quantitative estimate of drug-likeness (QED) is 0.300. The number of unbranched alkanes of at least 4 members (excludes halogenated alkanes) is 2. The van der Waals surface area contributed by atoms with Crippen molar-refractivity contribution in [2.24, 2.45) is 13.0 Å². The minimum Gasteiger partial charge on any atom is -0.481 e. The molecule has 3 rings (SSSR count). The fourth-order valence-electron chi connectivity index (χ4n) is 3.97. The topological polar surface area (TPSA) is 94.3 Å². The van der Waals surface area contributed by atoms with E-state index in [9.17, 15) is 9.59 Å². The molecule has 2 heterocycles. The van der Waals surface area contributed by atoms with Gasteiger partial charge < -0.3 is 14.4 Å². The highest BCUT2D eigenvalue weighted by molar-refractivity contribution is 6.31. The number of aryl methyl sites for hydroxylation is 1. The van der Waals surface area contributed by atoms with Gasteiger partial charge in [0.05, 0.1) is 12.8 Å². The summed E-state index contributed by atoms with van der Waals surface area (Å²) < 4.78 is 7.64.